The molecule has 0 amide bonds. The van der Waals surface area contributed by atoms with Crippen LogP contribution in [-0.4, -0.2) is 31.1 Å². The summed E-state index contributed by atoms with van der Waals surface area (Å²) in [5.41, 5.74) is 0.672. The number of hydrogen-bond donors (Lipinski definition) is 0. The summed E-state index contributed by atoms with van der Waals surface area (Å²) in [6, 6.07) is 0. The van der Waals surface area contributed by atoms with Crippen molar-refractivity contribution in [1.82, 2.24) is 0 Å². The van der Waals surface area contributed by atoms with E-state index in [1.165, 1.54) is 64.2 Å². The summed E-state index contributed by atoms with van der Waals surface area (Å²) in [6.45, 7) is 7.49. The molecule has 30 heavy (non-hydrogen) atoms. The van der Waals surface area contributed by atoms with E-state index in [-0.39, 0.29) is 23.8 Å². The maximum Gasteiger partial charge on any atom is 0.302 e. The molecule has 5 aliphatic rings. The molecule has 5 fully saturated rings. The first-order valence-corrected chi connectivity index (χ1v) is 12.8. The van der Waals surface area contributed by atoms with Crippen molar-refractivity contribution in [2.45, 2.75) is 116 Å². The molecule has 0 radical (unpaired) electrons. The van der Waals surface area contributed by atoms with E-state index in [0.717, 1.165) is 43.1 Å². The third kappa shape index (κ3) is 3.54. The predicted octanol–water partition coefficient (Wildman–Crippen LogP) is 5.87. The first-order chi connectivity index (χ1) is 14.4. The van der Waals surface area contributed by atoms with Crippen LogP contribution in [0.5, 0.6) is 0 Å². The zero-order chi connectivity index (χ0) is 20.9. The molecule has 1 heterocycles. The van der Waals surface area contributed by atoms with Gasteiger partial charge in [0.15, 0.2) is 6.29 Å². The fourth-order valence-electron chi connectivity index (χ4n) is 8.72. The smallest absolute Gasteiger partial charge is 0.302 e. The Morgan fingerprint density at radius 3 is 2.47 bits per heavy atom. The molecular weight excluding hydrogens is 376 g/mol. The lowest BCUT2D eigenvalue weighted by atomic mass is 9.45. The van der Waals surface area contributed by atoms with Crippen LogP contribution >= 0.6 is 0 Å². The van der Waals surface area contributed by atoms with Gasteiger partial charge in [0.05, 0.1) is 6.10 Å². The van der Waals surface area contributed by atoms with Gasteiger partial charge in [-0.15, -0.1) is 0 Å². The van der Waals surface area contributed by atoms with Gasteiger partial charge in [-0.3, -0.25) is 4.79 Å². The van der Waals surface area contributed by atoms with Crippen molar-refractivity contribution in [1.29, 1.82) is 0 Å². The fourth-order valence-corrected chi connectivity index (χ4v) is 8.72. The van der Waals surface area contributed by atoms with E-state index in [1.54, 1.807) is 6.92 Å². The SMILES string of the molecule is CC(=O)O[C@@H]1CC[C@@H]2[C@@H]3CC[C@@H]4C[C@H](O[C@H]5CCCCO5)CC[C@]4(C)[C@@H]3CC[C@@]21C. The molecule has 9 atom stereocenters. The van der Waals surface area contributed by atoms with Crippen LogP contribution in [0.15, 0.2) is 0 Å². The lowest BCUT2D eigenvalue weighted by Crippen LogP contribution is -2.55. The average Bonchev–Trinajstić information content (AvgIpc) is 3.05. The number of rotatable bonds is 3. The zero-order valence-corrected chi connectivity index (χ0v) is 19.4. The third-order valence-electron chi connectivity index (χ3n) is 10.3. The minimum atomic E-state index is -0.0973. The number of esters is 1. The lowest BCUT2D eigenvalue weighted by Gasteiger charge is -2.61. The van der Waals surface area contributed by atoms with E-state index in [0.29, 0.717) is 11.5 Å². The van der Waals surface area contributed by atoms with E-state index in [2.05, 4.69) is 13.8 Å². The minimum absolute atomic E-state index is 0.0523. The minimum Gasteiger partial charge on any atom is -0.462 e. The van der Waals surface area contributed by atoms with Crippen LogP contribution in [0.25, 0.3) is 0 Å². The summed E-state index contributed by atoms with van der Waals surface area (Å²) in [6.07, 6.45) is 15.4. The summed E-state index contributed by atoms with van der Waals surface area (Å²) in [4.78, 5) is 11.7. The second-order valence-electron chi connectivity index (χ2n) is 11.7. The highest BCUT2D eigenvalue weighted by atomic mass is 16.7. The Morgan fingerprint density at radius 1 is 0.900 bits per heavy atom. The van der Waals surface area contributed by atoms with E-state index in [4.69, 9.17) is 14.2 Å². The van der Waals surface area contributed by atoms with Crippen LogP contribution in [0.1, 0.15) is 97.8 Å². The lowest BCUT2D eigenvalue weighted by molar-refractivity contribution is -0.212. The zero-order valence-electron chi connectivity index (χ0n) is 19.4. The third-order valence-corrected chi connectivity index (χ3v) is 10.3. The van der Waals surface area contributed by atoms with Gasteiger partial charge in [-0.25, -0.2) is 0 Å². The molecule has 0 aromatic heterocycles. The quantitative estimate of drug-likeness (QED) is 0.424. The second kappa shape index (κ2) is 8.06. The Morgan fingerprint density at radius 2 is 1.70 bits per heavy atom. The Balaban J connectivity index is 1.26. The monoisotopic (exact) mass is 418 g/mol. The molecule has 0 aromatic carbocycles. The Bertz CT molecular complexity index is 643. The number of carbonyl (C=O) groups is 1. The molecule has 1 aliphatic heterocycles. The van der Waals surface area contributed by atoms with E-state index in [9.17, 15) is 4.79 Å². The molecule has 0 bridgehead atoms. The van der Waals surface area contributed by atoms with Crippen LogP contribution in [-0.2, 0) is 19.0 Å². The molecule has 4 nitrogen and oxygen atoms in total. The van der Waals surface area contributed by atoms with Crippen LogP contribution in [0.4, 0.5) is 0 Å². The van der Waals surface area contributed by atoms with Gasteiger partial charge in [-0.05, 0) is 106 Å². The van der Waals surface area contributed by atoms with Crippen molar-refractivity contribution in [3.05, 3.63) is 0 Å². The molecule has 0 unspecified atom stereocenters. The Kier molecular flexibility index (Phi) is 5.71. The highest BCUT2D eigenvalue weighted by Gasteiger charge is 2.61. The summed E-state index contributed by atoms with van der Waals surface area (Å²) < 4.78 is 18.1. The largest absolute Gasteiger partial charge is 0.462 e. The molecule has 170 valence electrons. The van der Waals surface area contributed by atoms with Gasteiger partial charge in [0, 0.05) is 18.9 Å². The van der Waals surface area contributed by atoms with Gasteiger partial charge >= 0.3 is 5.97 Å². The van der Waals surface area contributed by atoms with Gasteiger partial charge in [-0.2, -0.15) is 0 Å². The van der Waals surface area contributed by atoms with Gasteiger partial charge < -0.3 is 14.2 Å². The standard InChI is InChI=1S/C26H42O4/c1-17(27)29-23-10-9-21-20-8-7-18-16-19(30-24-6-4-5-15-28-24)11-13-25(18,2)22(20)12-14-26(21,23)3/h18-24H,4-16H2,1-3H3/t18-,19-,20+,21-,22-,23-,24+,25+,26+/m1/s1. The van der Waals surface area contributed by atoms with Crippen molar-refractivity contribution in [2.24, 2.45) is 34.5 Å². The fraction of sp³-hybridized carbons (Fsp3) is 0.962. The van der Waals surface area contributed by atoms with Crippen molar-refractivity contribution < 1.29 is 19.0 Å². The number of fused-ring (bicyclic) bond motifs is 5. The number of carbonyl (C=O) groups excluding carboxylic acids is 1. The van der Waals surface area contributed by atoms with Crippen LogP contribution < -0.4 is 0 Å². The number of ether oxygens (including phenoxy) is 3. The van der Waals surface area contributed by atoms with Crippen LogP contribution in [0.2, 0.25) is 0 Å². The molecule has 0 spiro atoms. The van der Waals surface area contributed by atoms with Gasteiger partial charge in [-0.1, -0.05) is 13.8 Å². The first-order valence-electron chi connectivity index (χ1n) is 12.8. The Labute approximate surface area is 182 Å². The van der Waals surface area contributed by atoms with Crippen molar-refractivity contribution >= 4 is 5.97 Å². The van der Waals surface area contributed by atoms with E-state index >= 15 is 0 Å². The predicted molar refractivity (Wildman–Crippen MR) is 116 cm³/mol. The average molecular weight is 419 g/mol. The first kappa shape index (κ1) is 21.2. The molecule has 5 rings (SSSR count). The summed E-state index contributed by atoms with van der Waals surface area (Å²) in [5.74, 6) is 3.11. The van der Waals surface area contributed by atoms with Crippen LogP contribution in [0.3, 0.4) is 0 Å². The van der Waals surface area contributed by atoms with Crippen molar-refractivity contribution in [3.8, 4) is 0 Å². The topological polar surface area (TPSA) is 44.8 Å². The highest BCUT2D eigenvalue weighted by molar-refractivity contribution is 5.66. The van der Waals surface area contributed by atoms with Crippen molar-refractivity contribution in [3.63, 3.8) is 0 Å². The second-order valence-corrected chi connectivity index (χ2v) is 11.7. The molecule has 4 aliphatic carbocycles. The van der Waals surface area contributed by atoms with E-state index in [1.807, 2.05) is 0 Å². The molecular formula is C26H42O4. The molecule has 1 saturated heterocycles. The molecule has 4 saturated carbocycles. The summed E-state index contributed by atoms with van der Waals surface area (Å²) in [7, 11) is 0. The summed E-state index contributed by atoms with van der Waals surface area (Å²) in [5, 5.41) is 0. The normalized spacial score (nSPS) is 50.8. The van der Waals surface area contributed by atoms with Gasteiger partial charge in [0.2, 0.25) is 0 Å². The maximum absolute atomic E-state index is 11.7. The molecule has 0 N–H and O–H groups in total. The highest BCUT2D eigenvalue weighted by Crippen LogP contribution is 2.66. The molecule has 0 aromatic rings. The van der Waals surface area contributed by atoms with Gasteiger partial charge in [0.25, 0.3) is 0 Å². The van der Waals surface area contributed by atoms with Gasteiger partial charge in [0.1, 0.15) is 6.10 Å². The Hall–Kier alpha value is -0.610. The van der Waals surface area contributed by atoms with E-state index < -0.39 is 0 Å². The van der Waals surface area contributed by atoms with Crippen LogP contribution in [0, 0.1) is 34.5 Å². The van der Waals surface area contributed by atoms with Crippen molar-refractivity contribution in [2.75, 3.05) is 6.61 Å². The summed E-state index contributed by atoms with van der Waals surface area (Å²) >= 11 is 0. The number of hydrogen-bond acceptors (Lipinski definition) is 4. The maximum atomic E-state index is 11.7. The molecule has 4 heteroatoms.